The van der Waals surface area contributed by atoms with E-state index in [0.29, 0.717) is 17.7 Å². The maximum atomic E-state index is 5.67. The molecule has 0 saturated carbocycles. The number of aromatic nitrogens is 5. The summed E-state index contributed by atoms with van der Waals surface area (Å²) in [6, 6.07) is 11.8. The van der Waals surface area contributed by atoms with Gasteiger partial charge in [0.2, 0.25) is 0 Å². The Bertz CT molecular complexity index is 956. The first kappa shape index (κ1) is 14.4. The lowest BCUT2D eigenvalue weighted by molar-refractivity contribution is 0.599. The second-order valence-electron chi connectivity index (χ2n) is 5.62. The smallest absolute Gasteiger partial charge is 0.296 e. The number of para-hydroxylation sites is 2. The van der Waals surface area contributed by atoms with Gasteiger partial charge in [0.05, 0.1) is 6.04 Å². The van der Waals surface area contributed by atoms with Gasteiger partial charge in [-0.15, -0.1) is 0 Å². The van der Waals surface area contributed by atoms with Crippen molar-refractivity contribution < 1.29 is 4.42 Å². The third-order valence-electron chi connectivity index (χ3n) is 3.69. The number of oxazole rings is 1. The van der Waals surface area contributed by atoms with E-state index in [4.69, 9.17) is 4.42 Å². The van der Waals surface area contributed by atoms with Crippen molar-refractivity contribution >= 4 is 17.1 Å². The summed E-state index contributed by atoms with van der Waals surface area (Å²) in [7, 11) is 0. The largest absolute Gasteiger partial charge is 0.424 e. The molecule has 0 aliphatic carbocycles. The SMILES string of the molecule is Cc1ccnc(-c2n[nH]c([C@H](C)Nc3nc4ccccc4o3)n2)c1. The number of benzene rings is 1. The van der Waals surface area contributed by atoms with Crippen molar-refractivity contribution in [2.24, 2.45) is 0 Å². The lowest BCUT2D eigenvalue weighted by Gasteiger charge is -2.07. The van der Waals surface area contributed by atoms with Gasteiger partial charge in [-0.3, -0.25) is 10.1 Å². The number of anilines is 1. The Morgan fingerprint density at radius 3 is 2.88 bits per heavy atom. The molecule has 24 heavy (non-hydrogen) atoms. The number of aromatic amines is 1. The predicted molar refractivity (Wildman–Crippen MR) is 90.4 cm³/mol. The van der Waals surface area contributed by atoms with Gasteiger partial charge in [-0.2, -0.15) is 10.1 Å². The molecule has 0 saturated heterocycles. The Balaban J connectivity index is 1.55. The third kappa shape index (κ3) is 2.71. The summed E-state index contributed by atoms with van der Waals surface area (Å²) in [4.78, 5) is 13.2. The molecular formula is C17H16N6O. The molecule has 0 spiro atoms. The predicted octanol–water partition coefficient (Wildman–Crippen LogP) is 3.49. The number of nitrogens with zero attached hydrogens (tertiary/aromatic N) is 4. The van der Waals surface area contributed by atoms with Crippen LogP contribution in [0.2, 0.25) is 0 Å². The van der Waals surface area contributed by atoms with Crippen LogP contribution in [0.1, 0.15) is 24.4 Å². The van der Waals surface area contributed by atoms with E-state index < -0.39 is 0 Å². The lowest BCUT2D eigenvalue weighted by atomic mass is 10.2. The normalized spacial score (nSPS) is 12.4. The minimum atomic E-state index is -0.135. The number of hydrogen-bond acceptors (Lipinski definition) is 6. The maximum absolute atomic E-state index is 5.67. The number of rotatable bonds is 4. The van der Waals surface area contributed by atoms with Gasteiger partial charge in [0.15, 0.2) is 11.4 Å². The first-order chi connectivity index (χ1) is 11.7. The fourth-order valence-electron chi connectivity index (χ4n) is 2.43. The Morgan fingerprint density at radius 1 is 1.17 bits per heavy atom. The highest BCUT2D eigenvalue weighted by molar-refractivity contribution is 5.74. The second kappa shape index (κ2) is 5.77. The van der Waals surface area contributed by atoms with Gasteiger partial charge >= 0.3 is 0 Å². The quantitative estimate of drug-likeness (QED) is 0.598. The van der Waals surface area contributed by atoms with Crippen LogP contribution in [0.25, 0.3) is 22.6 Å². The second-order valence-corrected chi connectivity index (χ2v) is 5.62. The Hall–Kier alpha value is -3.22. The molecule has 4 rings (SSSR count). The summed E-state index contributed by atoms with van der Waals surface area (Å²) in [5, 5.41) is 10.4. The van der Waals surface area contributed by atoms with E-state index in [2.05, 4.69) is 30.5 Å². The summed E-state index contributed by atoms with van der Waals surface area (Å²) in [5.74, 6) is 1.26. The zero-order valence-electron chi connectivity index (χ0n) is 13.3. The van der Waals surface area contributed by atoms with Gasteiger partial charge in [-0.05, 0) is 43.7 Å². The van der Waals surface area contributed by atoms with E-state index in [-0.39, 0.29) is 6.04 Å². The molecule has 1 aromatic carbocycles. The third-order valence-corrected chi connectivity index (χ3v) is 3.69. The molecule has 7 heteroatoms. The average Bonchev–Trinajstić information content (AvgIpc) is 3.21. The molecule has 0 unspecified atom stereocenters. The molecule has 0 bridgehead atoms. The zero-order valence-corrected chi connectivity index (χ0v) is 13.3. The maximum Gasteiger partial charge on any atom is 0.296 e. The van der Waals surface area contributed by atoms with Crippen molar-refractivity contribution in [3.63, 3.8) is 0 Å². The van der Waals surface area contributed by atoms with Crippen LogP contribution in [0.4, 0.5) is 6.01 Å². The molecule has 0 radical (unpaired) electrons. The molecule has 2 N–H and O–H groups in total. The summed E-state index contributed by atoms with van der Waals surface area (Å²) >= 11 is 0. The van der Waals surface area contributed by atoms with E-state index in [1.165, 1.54) is 0 Å². The van der Waals surface area contributed by atoms with Crippen LogP contribution in [-0.4, -0.2) is 25.1 Å². The van der Waals surface area contributed by atoms with Gasteiger partial charge in [0.25, 0.3) is 6.01 Å². The number of aryl methyl sites for hydroxylation is 1. The minimum absolute atomic E-state index is 0.135. The summed E-state index contributed by atoms with van der Waals surface area (Å²) in [6.07, 6.45) is 1.75. The summed E-state index contributed by atoms with van der Waals surface area (Å²) in [6.45, 7) is 3.97. The first-order valence-electron chi connectivity index (χ1n) is 7.66. The Morgan fingerprint density at radius 2 is 2.04 bits per heavy atom. The van der Waals surface area contributed by atoms with Crippen LogP contribution in [-0.2, 0) is 0 Å². The van der Waals surface area contributed by atoms with Crippen molar-refractivity contribution in [1.82, 2.24) is 25.1 Å². The number of nitrogens with one attached hydrogen (secondary N) is 2. The highest BCUT2D eigenvalue weighted by Gasteiger charge is 2.15. The molecule has 0 aliphatic rings. The number of fused-ring (bicyclic) bond motifs is 1. The van der Waals surface area contributed by atoms with Crippen molar-refractivity contribution in [3.8, 4) is 11.5 Å². The molecular weight excluding hydrogens is 304 g/mol. The van der Waals surface area contributed by atoms with Crippen LogP contribution in [0, 0.1) is 6.92 Å². The van der Waals surface area contributed by atoms with Gasteiger partial charge in [0, 0.05) is 6.20 Å². The molecule has 3 aromatic heterocycles. The summed E-state index contributed by atoms with van der Waals surface area (Å²) < 4.78 is 5.67. The minimum Gasteiger partial charge on any atom is -0.424 e. The van der Waals surface area contributed by atoms with E-state index in [9.17, 15) is 0 Å². The van der Waals surface area contributed by atoms with E-state index in [1.807, 2.05) is 50.2 Å². The molecule has 0 aliphatic heterocycles. The first-order valence-corrected chi connectivity index (χ1v) is 7.66. The Kier molecular flexibility index (Phi) is 3.45. The monoisotopic (exact) mass is 320 g/mol. The van der Waals surface area contributed by atoms with Gasteiger partial charge < -0.3 is 9.73 Å². The molecule has 7 nitrogen and oxygen atoms in total. The van der Waals surface area contributed by atoms with E-state index >= 15 is 0 Å². The fourth-order valence-corrected chi connectivity index (χ4v) is 2.43. The van der Waals surface area contributed by atoms with Crippen LogP contribution < -0.4 is 5.32 Å². The van der Waals surface area contributed by atoms with Crippen molar-refractivity contribution in [1.29, 1.82) is 0 Å². The van der Waals surface area contributed by atoms with Crippen LogP contribution in [0.5, 0.6) is 0 Å². The molecule has 4 aromatic rings. The van der Waals surface area contributed by atoms with Crippen LogP contribution in [0.3, 0.4) is 0 Å². The number of H-pyrrole nitrogens is 1. The molecule has 3 heterocycles. The standard InChI is InChI=1S/C17H16N6O/c1-10-7-8-18-13(9-10)16-21-15(22-23-16)11(2)19-17-20-12-5-3-4-6-14(12)24-17/h3-9,11H,1-2H3,(H,19,20)(H,21,22,23)/t11-/m0/s1. The van der Waals surface area contributed by atoms with E-state index in [1.54, 1.807) is 6.20 Å². The number of pyridine rings is 1. The van der Waals surface area contributed by atoms with Gasteiger partial charge in [-0.1, -0.05) is 12.1 Å². The van der Waals surface area contributed by atoms with Crippen LogP contribution >= 0.6 is 0 Å². The highest BCUT2D eigenvalue weighted by Crippen LogP contribution is 2.22. The van der Waals surface area contributed by atoms with Crippen molar-refractivity contribution in [2.45, 2.75) is 19.9 Å². The highest BCUT2D eigenvalue weighted by atomic mass is 16.4. The molecule has 1 atom stereocenters. The number of hydrogen-bond donors (Lipinski definition) is 2. The zero-order chi connectivity index (χ0) is 16.5. The van der Waals surface area contributed by atoms with Gasteiger partial charge in [-0.25, -0.2) is 4.98 Å². The summed E-state index contributed by atoms with van der Waals surface area (Å²) in [5.41, 5.74) is 3.42. The lowest BCUT2D eigenvalue weighted by Crippen LogP contribution is -2.08. The van der Waals surface area contributed by atoms with E-state index in [0.717, 1.165) is 22.4 Å². The molecule has 0 fully saturated rings. The van der Waals surface area contributed by atoms with Crippen LogP contribution in [0.15, 0.2) is 47.0 Å². The van der Waals surface area contributed by atoms with Gasteiger partial charge in [0.1, 0.15) is 17.0 Å². The van der Waals surface area contributed by atoms with Crippen molar-refractivity contribution in [2.75, 3.05) is 5.32 Å². The Labute approximate surface area is 138 Å². The molecule has 120 valence electrons. The molecule has 0 amide bonds. The average molecular weight is 320 g/mol. The fraction of sp³-hybridized carbons (Fsp3) is 0.176. The van der Waals surface area contributed by atoms with Crippen molar-refractivity contribution in [3.05, 3.63) is 54.0 Å². The topological polar surface area (TPSA) is 92.5 Å².